The standard InChI is InChI=1S/C25H38O5/c1-13(12-26)14-9-19(30)25(6)21-15(27)10-17-22(2,3)18(29)7-8-23(17,4)20(21)16(28)11-24(14,25)5/h9,13,15,17-19,26-27,29-30H,7-8,10-12H2,1-6H3. The summed E-state index contributed by atoms with van der Waals surface area (Å²) >= 11 is 0. The first kappa shape index (κ1) is 22.2. The number of allylic oxidation sites excluding steroid dienone is 1. The van der Waals surface area contributed by atoms with E-state index in [2.05, 4.69) is 6.92 Å². The molecule has 0 aromatic heterocycles. The molecule has 1 fully saturated rings. The van der Waals surface area contributed by atoms with Crippen LogP contribution in [0.15, 0.2) is 22.8 Å². The molecule has 5 heteroatoms. The van der Waals surface area contributed by atoms with Crippen molar-refractivity contribution in [3.63, 3.8) is 0 Å². The maximum atomic E-state index is 13.8. The number of ketones is 1. The van der Waals surface area contributed by atoms with E-state index in [9.17, 15) is 25.2 Å². The molecular weight excluding hydrogens is 380 g/mol. The Hall–Kier alpha value is -1.01. The van der Waals surface area contributed by atoms with Gasteiger partial charge in [-0.15, -0.1) is 0 Å². The van der Waals surface area contributed by atoms with Gasteiger partial charge in [0.15, 0.2) is 5.78 Å². The maximum absolute atomic E-state index is 13.8. The molecular formula is C25H38O5. The van der Waals surface area contributed by atoms with Gasteiger partial charge in [0.1, 0.15) is 0 Å². The molecule has 168 valence electrons. The number of hydrogen-bond acceptors (Lipinski definition) is 5. The van der Waals surface area contributed by atoms with Gasteiger partial charge in [0.05, 0.1) is 18.3 Å². The normalized spacial score (nSPS) is 48.6. The minimum atomic E-state index is -0.831. The van der Waals surface area contributed by atoms with Gasteiger partial charge in [-0.25, -0.2) is 0 Å². The summed E-state index contributed by atoms with van der Waals surface area (Å²) in [6.45, 7) is 12.1. The zero-order valence-corrected chi connectivity index (χ0v) is 19.2. The second-order valence-corrected chi connectivity index (χ2v) is 11.7. The summed E-state index contributed by atoms with van der Waals surface area (Å²) in [4.78, 5) is 13.8. The second-order valence-electron chi connectivity index (χ2n) is 11.7. The van der Waals surface area contributed by atoms with E-state index in [0.717, 1.165) is 5.57 Å². The first-order valence-electron chi connectivity index (χ1n) is 11.4. The van der Waals surface area contributed by atoms with E-state index in [1.165, 1.54) is 0 Å². The molecule has 30 heavy (non-hydrogen) atoms. The molecule has 4 aliphatic carbocycles. The van der Waals surface area contributed by atoms with Crippen LogP contribution in [0.4, 0.5) is 0 Å². The predicted molar refractivity (Wildman–Crippen MR) is 114 cm³/mol. The van der Waals surface area contributed by atoms with Gasteiger partial charge in [0, 0.05) is 35.3 Å². The lowest BCUT2D eigenvalue weighted by Gasteiger charge is -2.62. The average Bonchev–Trinajstić information content (AvgIpc) is 2.87. The molecule has 4 aliphatic rings. The van der Waals surface area contributed by atoms with Crippen LogP contribution < -0.4 is 0 Å². The quantitative estimate of drug-likeness (QED) is 0.517. The summed E-state index contributed by atoms with van der Waals surface area (Å²) in [6.07, 6.45) is 1.80. The Morgan fingerprint density at radius 3 is 2.37 bits per heavy atom. The van der Waals surface area contributed by atoms with Crippen LogP contribution in [0.3, 0.4) is 0 Å². The zero-order chi connectivity index (χ0) is 22.4. The molecule has 1 saturated carbocycles. The minimum absolute atomic E-state index is 0.0123. The third kappa shape index (κ3) is 2.41. The SMILES string of the molecule is CC(CO)C1=CC(O)C2(C)C3=C(C(=O)CC12C)C1(C)CCC(O)C(C)(C)C1CC3O. The van der Waals surface area contributed by atoms with Gasteiger partial charge in [-0.3, -0.25) is 4.79 Å². The van der Waals surface area contributed by atoms with Crippen molar-refractivity contribution in [2.24, 2.45) is 33.5 Å². The van der Waals surface area contributed by atoms with Crippen LogP contribution in [-0.2, 0) is 4.79 Å². The predicted octanol–water partition coefficient (Wildman–Crippen LogP) is 2.77. The molecule has 0 saturated heterocycles. The van der Waals surface area contributed by atoms with E-state index in [1.807, 2.05) is 40.7 Å². The molecule has 0 spiro atoms. The van der Waals surface area contributed by atoms with Crippen LogP contribution in [0, 0.1) is 33.5 Å². The number of aliphatic hydroxyl groups excluding tert-OH is 4. The lowest BCUT2D eigenvalue weighted by molar-refractivity contribution is -0.137. The highest BCUT2D eigenvalue weighted by Crippen LogP contribution is 2.70. The van der Waals surface area contributed by atoms with E-state index in [4.69, 9.17) is 0 Å². The number of fused-ring (bicyclic) bond motifs is 4. The molecule has 0 amide bonds. The highest BCUT2D eigenvalue weighted by molar-refractivity contribution is 6.00. The van der Waals surface area contributed by atoms with E-state index in [-0.39, 0.29) is 30.6 Å². The Bertz CT molecular complexity index is 840. The monoisotopic (exact) mass is 418 g/mol. The first-order valence-corrected chi connectivity index (χ1v) is 11.4. The molecule has 8 atom stereocenters. The van der Waals surface area contributed by atoms with Crippen molar-refractivity contribution in [3.8, 4) is 0 Å². The average molecular weight is 419 g/mol. The molecule has 0 aromatic rings. The third-order valence-corrected chi connectivity index (χ3v) is 9.97. The zero-order valence-electron chi connectivity index (χ0n) is 19.2. The summed E-state index contributed by atoms with van der Waals surface area (Å²) in [5.74, 6) is -0.121. The van der Waals surface area contributed by atoms with Gasteiger partial charge in [-0.2, -0.15) is 0 Å². The molecule has 0 aliphatic heterocycles. The number of aliphatic hydroxyl groups is 4. The molecule has 4 N–H and O–H groups in total. The minimum Gasteiger partial charge on any atom is -0.396 e. The summed E-state index contributed by atoms with van der Waals surface area (Å²) in [6, 6.07) is 0. The Morgan fingerprint density at radius 2 is 1.77 bits per heavy atom. The fraction of sp³-hybridized carbons (Fsp3) is 0.800. The van der Waals surface area contributed by atoms with Gasteiger partial charge in [-0.05, 0) is 41.6 Å². The van der Waals surface area contributed by atoms with Crippen LogP contribution in [0.2, 0.25) is 0 Å². The van der Waals surface area contributed by atoms with Crippen molar-refractivity contribution < 1.29 is 25.2 Å². The Kier molecular flexibility index (Phi) is 4.81. The van der Waals surface area contributed by atoms with Gasteiger partial charge in [0.2, 0.25) is 0 Å². The number of hydrogen-bond donors (Lipinski definition) is 4. The van der Waals surface area contributed by atoms with Crippen LogP contribution >= 0.6 is 0 Å². The van der Waals surface area contributed by atoms with E-state index in [0.29, 0.717) is 30.4 Å². The summed E-state index contributed by atoms with van der Waals surface area (Å²) in [5.41, 5.74) is 0.0638. The number of Topliss-reactive ketones (excluding diaryl/α,β-unsaturated/α-hetero) is 1. The van der Waals surface area contributed by atoms with E-state index in [1.54, 1.807) is 0 Å². The van der Waals surface area contributed by atoms with Gasteiger partial charge in [0.25, 0.3) is 0 Å². The van der Waals surface area contributed by atoms with E-state index >= 15 is 0 Å². The fourth-order valence-corrected chi connectivity index (χ4v) is 7.89. The van der Waals surface area contributed by atoms with Crippen molar-refractivity contribution >= 4 is 5.78 Å². The van der Waals surface area contributed by atoms with Gasteiger partial charge in [-0.1, -0.05) is 53.2 Å². The Labute approximate surface area is 179 Å². The third-order valence-electron chi connectivity index (χ3n) is 9.97. The summed E-state index contributed by atoms with van der Waals surface area (Å²) in [5, 5.41) is 43.2. The lowest BCUT2D eigenvalue weighted by atomic mass is 9.42. The van der Waals surface area contributed by atoms with Crippen molar-refractivity contribution in [2.75, 3.05) is 6.61 Å². The highest BCUT2D eigenvalue weighted by atomic mass is 16.3. The number of carbonyl (C=O) groups excluding carboxylic acids is 1. The van der Waals surface area contributed by atoms with Crippen molar-refractivity contribution in [1.82, 2.24) is 0 Å². The van der Waals surface area contributed by atoms with Crippen LogP contribution in [-0.4, -0.2) is 51.1 Å². The van der Waals surface area contributed by atoms with Crippen LogP contribution in [0.25, 0.3) is 0 Å². The smallest absolute Gasteiger partial charge is 0.160 e. The number of carbonyl (C=O) groups is 1. The molecule has 0 aromatic carbocycles. The molecule has 0 heterocycles. The molecule has 5 nitrogen and oxygen atoms in total. The van der Waals surface area contributed by atoms with Crippen molar-refractivity contribution in [1.29, 1.82) is 0 Å². The maximum Gasteiger partial charge on any atom is 0.160 e. The van der Waals surface area contributed by atoms with Crippen molar-refractivity contribution in [2.45, 2.75) is 85.5 Å². The topological polar surface area (TPSA) is 98.0 Å². The van der Waals surface area contributed by atoms with Crippen molar-refractivity contribution in [3.05, 3.63) is 22.8 Å². The lowest BCUT2D eigenvalue weighted by Crippen LogP contribution is -2.61. The fourth-order valence-electron chi connectivity index (χ4n) is 7.89. The number of rotatable bonds is 2. The van der Waals surface area contributed by atoms with E-state index < -0.39 is 40.0 Å². The second kappa shape index (κ2) is 6.50. The highest BCUT2D eigenvalue weighted by Gasteiger charge is 2.67. The first-order chi connectivity index (χ1) is 13.8. The largest absolute Gasteiger partial charge is 0.396 e. The molecule has 8 unspecified atom stereocenters. The van der Waals surface area contributed by atoms with Gasteiger partial charge < -0.3 is 20.4 Å². The summed E-state index contributed by atoms with van der Waals surface area (Å²) < 4.78 is 0. The van der Waals surface area contributed by atoms with Crippen LogP contribution in [0.5, 0.6) is 0 Å². The molecule has 0 radical (unpaired) electrons. The van der Waals surface area contributed by atoms with Crippen LogP contribution in [0.1, 0.15) is 67.2 Å². The Morgan fingerprint density at radius 1 is 1.13 bits per heavy atom. The Balaban J connectivity index is 1.94. The summed E-state index contributed by atoms with van der Waals surface area (Å²) in [7, 11) is 0. The molecule has 0 bridgehead atoms. The van der Waals surface area contributed by atoms with Gasteiger partial charge >= 0.3 is 0 Å². The molecule has 4 rings (SSSR count).